The van der Waals surface area contributed by atoms with Crippen LogP contribution in [0.25, 0.3) is 0 Å². The van der Waals surface area contributed by atoms with E-state index in [1.54, 1.807) is 12.1 Å². The monoisotopic (exact) mass is 264 g/mol. The summed E-state index contributed by atoms with van der Waals surface area (Å²) in [7, 11) is 0. The lowest BCUT2D eigenvalue weighted by Crippen LogP contribution is -2.35. The normalized spacial score (nSPS) is 16.5. The molecule has 0 amide bonds. The molecule has 1 aromatic rings. The Balaban J connectivity index is 2.11. The molecular formula is C13H20N4O2. The largest absolute Gasteiger partial charge is 0.384 e. The zero-order valence-electron chi connectivity index (χ0n) is 11.1. The minimum Gasteiger partial charge on any atom is -0.384 e. The number of nitro benzene ring substituents is 1. The van der Waals surface area contributed by atoms with E-state index in [1.807, 2.05) is 0 Å². The second-order valence-corrected chi connectivity index (χ2v) is 5.23. The maximum atomic E-state index is 10.9. The molecule has 1 aliphatic rings. The number of nitro groups is 1. The summed E-state index contributed by atoms with van der Waals surface area (Å²) in [6, 6.07) is 4.75. The Morgan fingerprint density at radius 1 is 1.37 bits per heavy atom. The first kappa shape index (κ1) is 13.6. The van der Waals surface area contributed by atoms with Crippen LogP contribution in [0.1, 0.15) is 32.6 Å². The van der Waals surface area contributed by atoms with E-state index in [0.717, 1.165) is 18.7 Å². The van der Waals surface area contributed by atoms with Gasteiger partial charge in [0.2, 0.25) is 0 Å². The molecule has 0 bridgehead atoms. The van der Waals surface area contributed by atoms with Crippen LogP contribution in [0.4, 0.5) is 17.1 Å². The molecule has 4 N–H and O–H groups in total. The van der Waals surface area contributed by atoms with Crippen LogP contribution in [-0.2, 0) is 0 Å². The fraction of sp³-hybridized carbons (Fsp3) is 0.538. The Bertz CT molecular complexity index is 466. The number of nitrogens with two attached hydrogens (primary N) is 1. The molecule has 1 aliphatic carbocycles. The molecule has 0 saturated heterocycles. The topological polar surface area (TPSA) is 93.2 Å². The summed E-state index contributed by atoms with van der Waals surface area (Å²) in [5.41, 5.74) is 4.13. The van der Waals surface area contributed by atoms with E-state index in [2.05, 4.69) is 17.7 Å². The zero-order valence-corrected chi connectivity index (χ0v) is 11.1. The van der Waals surface area contributed by atoms with Crippen molar-refractivity contribution in [2.45, 2.75) is 32.6 Å². The molecule has 0 spiro atoms. The number of nitrogens with one attached hydrogen (secondary N) is 2. The van der Waals surface area contributed by atoms with Crippen molar-refractivity contribution in [2.24, 2.45) is 11.3 Å². The molecule has 1 saturated carbocycles. The van der Waals surface area contributed by atoms with Crippen molar-refractivity contribution < 1.29 is 4.92 Å². The van der Waals surface area contributed by atoms with Gasteiger partial charge in [0.15, 0.2) is 0 Å². The Hall–Kier alpha value is -1.82. The highest BCUT2D eigenvalue weighted by Gasteiger charge is 2.34. The van der Waals surface area contributed by atoms with E-state index in [4.69, 9.17) is 5.84 Å². The maximum Gasteiger partial charge on any atom is 0.273 e. The minimum atomic E-state index is -0.412. The summed E-state index contributed by atoms with van der Waals surface area (Å²) in [5, 5.41) is 14.2. The van der Waals surface area contributed by atoms with Crippen molar-refractivity contribution >= 4 is 17.1 Å². The molecule has 104 valence electrons. The lowest BCUT2D eigenvalue weighted by molar-refractivity contribution is -0.384. The van der Waals surface area contributed by atoms with Crippen molar-refractivity contribution in [1.29, 1.82) is 0 Å². The van der Waals surface area contributed by atoms with E-state index in [9.17, 15) is 10.1 Å². The van der Waals surface area contributed by atoms with Crippen LogP contribution in [0.15, 0.2) is 18.2 Å². The lowest BCUT2D eigenvalue weighted by Gasteiger charge is -2.41. The van der Waals surface area contributed by atoms with Gasteiger partial charge in [-0.2, -0.15) is 0 Å². The predicted octanol–water partition coefficient (Wildman–Crippen LogP) is 2.87. The van der Waals surface area contributed by atoms with E-state index < -0.39 is 4.92 Å². The minimum absolute atomic E-state index is 0.0390. The number of rotatable bonds is 6. The Kier molecular flexibility index (Phi) is 3.90. The molecule has 6 heteroatoms. The van der Waals surface area contributed by atoms with Crippen molar-refractivity contribution in [1.82, 2.24) is 0 Å². The van der Waals surface area contributed by atoms with E-state index in [0.29, 0.717) is 11.1 Å². The first-order valence-electron chi connectivity index (χ1n) is 6.58. The van der Waals surface area contributed by atoms with Gasteiger partial charge in [-0.05, 0) is 30.7 Å². The molecular weight excluding hydrogens is 244 g/mol. The summed E-state index contributed by atoms with van der Waals surface area (Å²) < 4.78 is 0. The Morgan fingerprint density at radius 3 is 2.53 bits per heavy atom. The van der Waals surface area contributed by atoms with Crippen LogP contribution >= 0.6 is 0 Å². The lowest BCUT2D eigenvalue weighted by atomic mass is 9.67. The summed E-state index contributed by atoms with van der Waals surface area (Å²) in [6.45, 7) is 3.05. The molecule has 2 rings (SSSR count). The van der Waals surface area contributed by atoms with Crippen LogP contribution in [-0.4, -0.2) is 11.5 Å². The highest BCUT2D eigenvalue weighted by atomic mass is 16.6. The van der Waals surface area contributed by atoms with Gasteiger partial charge in [0.25, 0.3) is 5.69 Å². The number of benzene rings is 1. The van der Waals surface area contributed by atoms with Gasteiger partial charge in [0, 0.05) is 24.4 Å². The van der Waals surface area contributed by atoms with E-state index in [1.165, 1.54) is 25.3 Å². The summed E-state index contributed by atoms with van der Waals surface area (Å²) in [6.07, 6.45) is 4.87. The second kappa shape index (κ2) is 5.44. The SMILES string of the molecule is CCC1(CNc2cc(NN)cc([N+](=O)[O-])c2)CCC1. The molecule has 0 atom stereocenters. The van der Waals surface area contributed by atoms with E-state index in [-0.39, 0.29) is 5.69 Å². The molecule has 0 aliphatic heterocycles. The van der Waals surface area contributed by atoms with Crippen LogP contribution in [0.5, 0.6) is 0 Å². The quantitative estimate of drug-likeness (QED) is 0.417. The predicted molar refractivity (Wildman–Crippen MR) is 76.0 cm³/mol. The number of nitrogens with zero attached hydrogens (tertiary/aromatic N) is 1. The van der Waals surface area contributed by atoms with Gasteiger partial charge in [0.05, 0.1) is 10.6 Å². The van der Waals surface area contributed by atoms with Gasteiger partial charge in [-0.3, -0.25) is 16.0 Å². The van der Waals surface area contributed by atoms with Crippen molar-refractivity contribution in [3.05, 3.63) is 28.3 Å². The van der Waals surface area contributed by atoms with Crippen LogP contribution < -0.4 is 16.6 Å². The second-order valence-electron chi connectivity index (χ2n) is 5.23. The van der Waals surface area contributed by atoms with Gasteiger partial charge in [-0.1, -0.05) is 13.3 Å². The molecule has 0 heterocycles. The maximum absolute atomic E-state index is 10.9. The number of non-ortho nitro benzene ring substituents is 1. The molecule has 0 radical (unpaired) electrons. The third kappa shape index (κ3) is 2.96. The number of hydrazine groups is 1. The van der Waals surface area contributed by atoms with Crippen molar-refractivity contribution in [2.75, 3.05) is 17.3 Å². The third-order valence-corrected chi connectivity index (χ3v) is 4.13. The molecule has 6 nitrogen and oxygen atoms in total. The smallest absolute Gasteiger partial charge is 0.273 e. The highest BCUT2D eigenvalue weighted by molar-refractivity contribution is 5.63. The zero-order chi connectivity index (χ0) is 13.9. The number of nitrogen functional groups attached to an aromatic ring is 1. The summed E-state index contributed by atoms with van der Waals surface area (Å²) >= 11 is 0. The van der Waals surface area contributed by atoms with Gasteiger partial charge in [-0.15, -0.1) is 0 Å². The fourth-order valence-electron chi connectivity index (χ4n) is 2.52. The molecule has 0 aromatic heterocycles. The first-order chi connectivity index (χ1) is 9.08. The summed E-state index contributed by atoms with van der Waals surface area (Å²) in [4.78, 5) is 10.4. The third-order valence-electron chi connectivity index (χ3n) is 4.13. The molecule has 1 aromatic carbocycles. The Labute approximate surface area is 112 Å². The number of hydrogen-bond acceptors (Lipinski definition) is 5. The van der Waals surface area contributed by atoms with Crippen LogP contribution in [0.3, 0.4) is 0 Å². The highest BCUT2D eigenvalue weighted by Crippen LogP contribution is 2.43. The number of anilines is 2. The molecule has 0 unspecified atom stereocenters. The number of hydrogen-bond donors (Lipinski definition) is 3. The van der Waals surface area contributed by atoms with Crippen LogP contribution in [0, 0.1) is 15.5 Å². The standard InChI is InChI=1S/C13H20N4O2/c1-2-13(4-3-5-13)9-15-10-6-11(16-14)8-12(7-10)17(18)19/h6-8,15-16H,2-5,9,14H2,1H3. The van der Waals surface area contributed by atoms with Gasteiger partial charge < -0.3 is 10.7 Å². The van der Waals surface area contributed by atoms with Gasteiger partial charge in [-0.25, -0.2) is 0 Å². The average Bonchev–Trinajstić information content (AvgIpc) is 2.37. The first-order valence-corrected chi connectivity index (χ1v) is 6.58. The van der Waals surface area contributed by atoms with Crippen molar-refractivity contribution in [3.63, 3.8) is 0 Å². The molecule has 1 fully saturated rings. The van der Waals surface area contributed by atoms with Crippen molar-refractivity contribution in [3.8, 4) is 0 Å². The Morgan fingerprint density at radius 2 is 2.05 bits per heavy atom. The fourth-order valence-corrected chi connectivity index (χ4v) is 2.52. The van der Waals surface area contributed by atoms with E-state index >= 15 is 0 Å². The summed E-state index contributed by atoms with van der Waals surface area (Å²) in [5.74, 6) is 5.33. The van der Waals surface area contributed by atoms with Gasteiger partial charge >= 0.3 is 0 Å². The van der Waals surface area contributed by atoms with Gasteiger partial charge in [0.1, 0.15) is 0 Å². The van der Waals surface area contributed by atoms with Crippen LogP contribution in [0.2, 0.25) is 0 Å². The molecule has 19 heavy (non-hydrogen) atoms. The average molecular weight is 264 g/mol.